The van der Waals surface area contributed by atoms with Gasteiger partial charge in [-0.3, -0.25) is 9.59 Å². The molecule has 2 aliphatic heterocycles. The second kappa shape index (κ2) is 15.7. The van der Waals surface area contributed by atoms with Gasteiger partial charge in [0.05, 0.1) is 19.1 Å². The van der Waals surface area contributed by atoms with Crippen LogP contribution in [0, 0.1) is 5.41 Å². The van der Waals surface area contributed by atoms with E-state index in [0.29, 0.717) is 30.8 Å². The molecule has 11 heteroatoms. The maximum atomic E-state index is 13.3. The van der Waals surface area contributed by atoms with Crippen LogP contribution < -0.4 is 10.1 Å². The molecule has 5 N–H and O–H groups in total. The quantitative estimate of drug-likeness (QED) is 0.241. The van der Waals surface area contributed by atoms with Crippen molar-refractivity contribution in [3.8, 4) is 5.75 Å². The molecule has 0 radical (unpaired) electrons. The summed E-state index contributed by atoms with van der Waals surface area (Å²) in [4.78, 5) is 30.6. The van der Waals surface area contributed by atoms with Crippen LogP contribution in [0.1, 0.15) is 81.4 Å². The minimum absolute atomic E-state index is 0.0814. The Balaban J connectivity index is 1.49. The van der Waals surface area contributed by atoms with Crippen LogP contribution in [-0.2, 0) is 20.7 Å². The maximum Gasteiger partial charge on any atom is 0.247 e. The Morgan fingerprint density at radius 3 is 2.20 bits per heavy atom. The normalized spacial score (nSPS) is 24.0. The molecule has 2 heterocycles. The topological polar surface area (TPSA) is 152 Å². The molecule has 0 bridgehead atoms. The number of benzene rings is 2. The van der Waals surface area contributed by atoms with E-state index in [1.165, 1.54) is 7.11 Å². The molecule has 0 unspecified atom stereocenters. The highest BCUT2D eigenvalue weighted by Crippen LogP contribution is 2.40. The van der Waals surface area contributed by atoms with Crippen LogP contribution in [0.3, 0.4) is 0 Å². The minimum atomic E-state index is -1.50. The van der Waals surface area contributed by atoms with Crippen molar-refractivity contribution in [3.63, 3.8) is 0 Å². The number of amides is 2. The molecule has 0 aliphatic carbocycles. The number of rotatable bonds is 11. The number of hydrogen-bond donors (Lipinski definition) is 5. The van der Waals surface area contributed by atoms with E-state index < -0.39 is 48.1 Å². The second-order valence-corrected chi connectivity index (χ2v) is 14.8. The number of carbonyl (C=O) groups excluding carboxylic acids is 2. The predicted molar refractivity (Wildman–Crippen MR) is 188 cm³/mol. The fraction of sp³-hybridized carbons (Fsp3) is 0.579. The summed E-state index contributed by atoms with van der Waals surface area (Å²) in [6, 6.07) is 11.8. The number of aliphatic hydroxyl groups is 4. The van der Waals surface area contributed by atoms with Crippen LogP contribution in [-0.4, -0.2) is 119 Å². The van der Waals surface area contributed by atoms with Crippen LogP contribution in [0.4, 0.5) is 0 Å². The number of piperazine rings is 1. The minimum Gasteiger partial charge on any atom is -0.496 e. The average Bonchev–Trinajstić information content (AvgIpc) is 3.06. The van der Waals surface area contributed by atoms with E-state index in [9.17, 15) is 30.0 Å². The highest BCUT2D eigenvalue weighted by Gasteiger charge is 2.45. The SMILES string of the molecule is COc1cc(C(C)C)c(Cc2ccc(/C=C/C(C)(C)C(=O)NC(C)(C)C(=O)N3CCN(C)CC3)cc2)cc1[C@@H]1O[C@H](CO)[C@@H](O)[C@H](O)[C@H]1O. The molecule has 11 nitrogen and oxygen atoms in total. The fourth-order valence-corrected chi connectivity index (χ4v) is 6.36. The van der Waals surface area contributed by atoms with Gasteiger partial charge in [-0.25, -0.2) is 0 Å². The zero-order valence-electron chi connectivity index (χ0n) is 30.1. The molecular formula is C38H55N3O8. The van der Waals surface area contributed by atoms with Crippen molar-refractivity contribution in [2.75, 3.05) is 46.9 Å². The van der Waals surface area contributed by atoms with Crippen molar-refractivity contribution < 1.29 is 39.5 Å². The highest BCUT2D eigenvalue weighted by atomic mass is 16.5. The Kier molecular flexibility index (Phi) is 12.3. The van der Waals surface area contributed by atoms with Crippen molar-refractivity contribution in [2.24, 2.45) is 5.41 Å². The standard InChI is InChI=1S/C38H55N3O8/c1-23(2)27-21-29(48-8)28(34-33(45)32(44)31(43)30(22-42)49-34)20-26(27)19-25-11-9-24(10-12-25)13-14-37(3,4)35(46)39-38(5,6)36(47)41-17-15-40(7)16-18-41/h9-14,20-21,23,30-34,42-45H,15-19,22H2,1-8H3,(H,39,46)/b14-13+/t30-,31-,32+,33-,34+/m1/s1. The van der Waals surface area contributed by atoms with Crippen molar-refractivity contribution in [1.29, 1.82) is 0 Å². The van der Waals surface area contributed by atoms with Gasteiger partial charge in [0, 0.05) is 31.7 Å². The number of nitrogens with zero attached hydrogens (tertiary/aromatic N) is 2. The third-order valence-corrected chi connectivity index (χ3v) is 9.72. The Bertz CT molecular complexity index is 1480. The van der Waals surface area contributed by atoms with Crippen LogP contribution in [0.2, 0.25) is 0 Å². The first kappa shape index (κ1) is 38.5. The van der Waals surface area contributed by atoms with E-state index in [2.05, 4.69) is 24.1 Å². The van der Waals surface area contributed by atoms with E-state index in [1.807, 2.05) is 74.3 Å². The number of methoxy groups -OCH3 is 1. The molecule has 5 atom stereocenters. The van der Waals surface area contributed by atoms with Gasteiger partial charge in [-0.2, -0.15) is 0 Å². The lowest BCUT2D eigenvalue weighted by molar-refractivity contribution is -0.232. The van der Waals surface area contributed by atoms with E-state index in [4.69, 9.17) is 9.47 Å². The van der Waals surface area contributed by atoms with Crippen molar-refractivity contribution in [2.45, 2.75) is 89.9 Å². The lowest BCUT2D eigenvalue weighted by atomic mass is 9.86. The summed E-state index contributed by atoms with van der Waals surface area (Å²) in [7, 11) is 3.56. The summed E-state index contributed by atoms with van der Waals surface area (Å²) < 4.78 is 11.6. The Hall–Kier alpha value is -3.32. The molecule has 0 aromatic heterocycles. The third-order valence-electron chi connectivity index (χ3n) is 9.72. The number of nitrogens with one attached hydrogen (secondary N) is 1. The van der Waals surface area contributed by atoms with E-state index in [-0.39, 0.29) is 17.7 Å². The summed E-state index contributed by atoms with van der Waals surface area (Å²) in [5, 5.41) is 44.3. The lowest BCUT2D eigenvalue weighted by Crippen LogP contribution is -2.60. The van der Waals surface area contributed by atoms with E-state index in [0.717, 1.165) is 35.3 Å². The molecule has 270 valence electrons. The van der Waals surface area contributed by atoms with Crippen molar-refractivity contribution >= 4 is 17.9 Å². The van der Waals surface area contributed by atoms with Crippen molar-refractivity contribution in [3.05, 3.63) is 70.3 Å². The van der Waals surface area contributed by atoms with Crippen LogP contribution >= 0.6 is 0 Å². The Morgan fingerprint density at radius 2 is 1.63 bits per heavy atom. The smallest absolute Gasteiger partial charge is 0.247 e. The van der Waals surface area contributed by atoms with Gasteiger partial charge in [0.15, 0.2) is 0 Å². The van der Waals surface area contributed by atoms with Gasteiger partial charge >= 0.3 is 0 Å². The number of ether oxygens (including phenoxy) is 2. The van der Waals surface area contributed by atoms with Gasteiger partial charge < -0.3 is 45.0 Å². The largest absolute Gasteiger partial charge is 0.496 e. The van der Waals surface area contributed by atoms with E-state index in [1.54, 1.807) is 13.8 Å². The third kappa shape index (κ3) is 8.89. The molecular weight excluding hydrogens is 626 g/mol. The van der Waals surface area contributed by atoms with Gasteiger partial charge in [0.25, 0.3) is 0 Å². The number of carbonyl (C=O) groups is 2. The van der Waals surface area contributed by atoms with Gasteiger partial charge in [-0.05, 0) is 81.5 Å². The first-order valence-corrected chi connectivity index (χ1v) is 17.1. The zero-order valence-corrected chi connectivity index (χ0v) is 30.1. The monoisotopic (exact) mass is 681 g/mol. The van der Waals surface area contributed by atoms with Gasteiger partial charge in [0.2, 0.25) is 11.8 Å². The summed E-state index contributed by atoms with van der Waals surface area (Å²) in [5.41, 5.74) is 2.61. The molecule has 2 fully saturated rings. The summed E-state index contributed by atoms with van der Waals surface area (Å²) in [6.45, 7) is 13.7. The molecule has 2 aliphatic rings. The molecule has 0 spiro atoms. The molecule has 49 heavy (non-hydrogen) atoms. The first-order valence-electron chi connectivity index (χ1n) is 17.1. The summed E-state index contributed by atoms with van der Waals surface area (Å²) in [6.07, 6.45) is -2.11. The Labute approximate surface area is 290 Å². The molecule has 4 rings (SSSR count). The molecule has 2 amide bonds. The summed E-state index contributed by atoms with van der Waals surface area (Å²) >= 11 is 0. The maximum absolute atomic E-state index is 13.3. The zero-order chi connectivity index (χ0) is 36.3. The molecule has 2 aromatic rings. The van der Waals surface area contributed by atoms with Crippen LogP contribution in [0.5, 0.6) is 5.75 Å². The van der Waals surface area contributed by atoms with E-state index >= 15 is 0 Å². The molecule has 2 aromatic carbocycles. The number of hydrogen-bond acceptors (Lipinski definition) is 9. The first-order chi connectivity index (χ1) is 23.0. The van der Waals surface area contributed by atoms with Gasteiger partial charge in [-0.15, -0.1) is 0 Å². The highest BCUT2D eigenvalue weighted by molar-refractivity contribution is 5.93. The van der Waals surface area contributed by atoms with Gasteiger partial charge in [-0.1, -0.05) is 50.3 Å². The Morgan fingerprint density at radius 1 is 1.00 bits per heavy atom. The number of aliphatic hydroxyl groups excluding tert-OH is 4. The fourth-order valence-electron chi connectivity index (χ4n) is 6.36. The number of likely N-dealkylation sites (N-methyl/N-ethyl adjacent to an activating group) is 1. The average molecular weight is 682 g/mol. The lowest BCUT2D eigenvalue weighted by Gasteiger charge is -2.40. The molecule has 2 saturated heterocycles. The van der Waals surface area contributed by atoms with Crippen molar-refractivity contribution in [1.82, 2.24) is 15.1 Å². The van der Waals surface area contributed by atoms with Gasteiger partial charge in [0.1, 0.15) is 41.8 Å². The van der Waals surface area contributed by atoms with Crippen LogP contribution in [0.15, 0.2) is 42.5 Å². The predicted octanol–water partition coefficient (Wildman–Crippen LogP) is 2.63. The molecule has 0 saturated carbocycles. The second-order valence-electron chi connectivity index (χ2n) is 14.8. The van der Waals surface area contributed by atoms with Crippen LogP contribution in [0.25, 0.3) is 6.08 Å². The summed E-state index contributed by atoms with van der Waals surface area (Å²) in [5.74, 6) is 0.326.